The van der Waals surface area contributed by atoms with Crippen LogP contribution in [-0.2, 0) is 9.59 Å². The van der Waals surface area contributed by atoms with E-state index in [1.54, 1.807) is 24.3 Å². The second-order valence-corrected chi connectivity index (χ2v) is 6.46. The summed E-state index contributed by atoms with van der Waals surface area (Å²) in [7, 11) is 5.97. The Hall–Kier alpha value is -2.50. The van der Waals surface area contributed by atoms with E-state index >= 15 is 0 Å². The van der Waals surface area contributed by atoms with Crippen LogP contribution in [0.1, 0.15) is 0 Å². The van der Waals surface area contributed by atoms with Gasteiger partial charge in [0.15, 0.2) is 11.5 Å². The fourth-order valence-electron chi connectivity index (χ4n) is 1.85. The standard InChI is InChI=1S/C16H12N2O4S2/c1-21-15-13(18-10-20)7-8-14(16(15)22-2)24-23-12-5-3-11(4-6-12)17-9-19/h3-8H,1-2H3. The molecule has 0 aliphatic heterocycles. The number of nitrogens with zero attached hydrogens (tertiary/aromatic N) is 2. The molecule has 0 radical (unpaired) electrons. The molecule has 0 aliphatic rings. The van der Waals surface area contributed by atoms with Gasteiger partial charge in [-0.25, -0.2) is 9.59 Å². The average molecular weight is 360 g/mol. The summed E-state index contributed by atoms with van der Waals surface area (Å²) >= 11 is 0. The van der Waals surface area contributed by atoms with Gasteiger partial charge in [0, 0.05) is 4.90 Å². The SMILES string of the molecule is COc1c(N=C=O)ccc(SSc2ccc(N=C=O)cc2)c1OC. The molecule has 122 valence electrons. The van der Waals surface area contributed by atoms with Crippen molar-refractivity contribution >= 4 is 45.1 Å². The Balaban J connectivity index is 2.22. The topological polar surface area (TPSA) is 77.3 Å². The summed E-state index contributed by atoms with van der Waals surface area (Å²) in [6, 6.07) is 10.6. The normalized spacial score (nSPS) is 9.58. The molecule has 2 aromatic rings. The molecule has 0 saturated heterocycles. The van der Waals surface area contributed by atoms with Crippen molar-refractivity contribution in [1.29, 1.82) is 0 Å². The van der Waals surface area contributed by atoms with Gasteiger partial charge in [0.05, 0.1) is 24.8 Å². The highest BCUT2D eigenvalue weighted by atomic mass is 33.1. The zero-order chi connectivity index (χ0) is 17.4. The molecule has 0 unspecified atom stereocenters. The highest BCUT2D eigenvalue weighted by molar-refractivity contribution is 8.76. The largest absolute Gasteiger partial charge is 0.492 e. The van der Waals surface area contributed by atoms with Crippen molar-refractivity contribution in [2.75, 3.05) is 14.2 Å². The van der Waals surface area contributed by atoms with E-state index in [1.807, 2.05) is 12.1 Å². The summed E-state index contributed by atoms with van der Waals surface area (Å²) in [6.07, 6.45) is 3.00. The van der Waals surface area contributed by atoms with Gasteiger partial charge in [-0.3, -0.25) is 0 Å². The van der Waals surface area contributed by atoms with E-state index in [0.29, 0.717) is 22.9 Å². The minimum Gasteiger partial charge on any atom is -0.492 e. The molecule has 0 bridgehead atoms. The van der Waals surface area contributed by atoms with Gasteiger partial charge in [-0.15, -0.1) is 0 Å². The molecule has 0 aromatic heterocycles. The van der Waals surface area contributed by atoms with Gasteiger partial charge in [-0.1, -0.05) is 10.8 Å². The summed E-state index contributed by atoms with van der Waals surface area (Å²) < 4.78 is 10.7. The van der Waals surface area contributed by atoms with Crippen LogP contribution in [0.5, 0.6) is 11.5 Å². The van der Waals surface area contributed by atoms with E-state index in [2.05, 4.69) is 9.98 Å². The molecule has 0 saturated carbocycles. The number of hydrogen-bond donors (Lipinski definition) is 0. The molecule has 0 aliphatic carbocycles. The Kier molecular flexibility index (Phi) is 6.66. The van der Waals surface area contributed by atoms with E-state index in [0.717, 1.165) is 9.79 Å². The molecule has 8 heteroatoms. The molecule has 0 heterocycles. The van der Waals surface area contributed by atoms with Crippen molar-refractivity contribution in [2.45, 2.75) is 9.79 Å². The number of isocyanates is 2. The van der Waals surface area contributed by atoms with E-state index in [-0.39, 0.29) is 0 Å². The van der Waals surface area contributed by atoms with Crippen LogP contribution >= 0.6 is 21.6 Å². The third-order valence-electron chi connectivity index (χ3n) is 2.87. The van der Waals surface area contributed by atoms with Crippen LogP contribution < -0.4 is 9.47 Å². The minimum atomic E-state index is 0.356. The number of carbonyl (C=O) groups excluding carboxylic acids is 2. The Morgan fingerprint density at radius 1 is 0.833 bits per heavy atom. The monoisotopic (exact) mass is 360 g/mol. The average Bonchev–Trinajstić information content (AvgIpc) is 2.61. The number of ether oxygens (including phenoxy) is 2. The van der Waals surface area contributed by atoms with Crippen molar-refractivity contribution in [3.8, 4) is 11.5 Å². The van der Waals surface area contributed by atoms with Gasteiger partial charge in [0.2, 0.25) is 12.2 Å². The quantitative estimate of drug-likeness (QED) is 0.413. The first kappa shape index (κ1) is 17.8. The van der Waals surface area contributed by atoms with E-state index < -0.39 is 0 Å². The van der Waals surface area contributed by atoms with Crippen molar-refractivity contribution in [1.82, 2.24) is 0 Å². The summed E-state index contributed by atoms with van der Waals surface area (Å²) in [4.78, 5) is 29.6. The number of aliphatic imine (C=N–C) groups is 2. The van der Waals surface area contributed by atoms with Crippen LogP contribution in [0.25, 0.3) is 0 Å². The molecule has 24 heavy (non-hydrogen) atoms. The number of benzene rings is 2. The zero-order valence-electron chi connectivity index (χ0n) is 12.8. The van der Waals surface area contributed by atoms with Gasteiger partial charge >= 0.3 is 0 Å². The molecule has 0 amide bonds. The third-order valence-corrected chi connectivity index (χ3v) is 5.28. The number of methoxy groups -OCH3 is 2. The predicted molar refractivity (Wildman–Crippen MR) is 93.3 cm³/mol. The first-order valence-electron chi connectivity index (χ1n) is 6.58. The van der Waals surface area contributed by atoms with Crippen LogP contribution in [0, 0.1) is 0 Å². The molecular formula is C16H12N2O4S2. The van der Waals surface area contributed by atoms with Crippen molar-refractivity contribution in [3.63, 3.8) is 0 Å². The van der Waals surface area contributed by atoms with Gasteiger partial charge in [-0.2, -0.15) is 9.98 Å². The lowest BCUT2D eigenvalue weighted by Gasteiger charge is -2.13. The second-order valence-electron chi connectivity index (χ2n) is 4.22. The van der Waals surface area contributed by atoms with Crippen molar-refractivity contribution < 1.29 is 19.1 Å². The molecule has 2 aromatic carbocycles. The highest BCUT2D eigenvalue weighted by Gasteiger charge is 2.16. The molecule has 0 atom stereocenters. The van der Waals surface area contributed by atoms with Crippen LogP contribution in [0.2, 0.25) is 0 Å². The Bertz CT molecular complexity index is 812. The fraction of sp³-hybridized carbons (Fsp3) is 0.125. The molecule has 0 spiro atoms. The smallest absolute Gasteiger partial charge is 0.240 e. The Morgan fingerprint density at radius 3 is 2.08 bits per heavy atom. The van der Waals surface area contributed by atoms with Gasteiger partial charge in [-0.05, 0) is 47.2 Å². The lowest BCUT2D eigenvalue weighted by Crippen LogP contribution is -1.92. The molecule has 0 fully saturated rings. The summed E-state index contributed by atoms with van der Waals surface area (Å²) in [5.74, 6) is 0.871. The van der Waals surface area contributed by atoms with E-state index in [1.165, 1.54) is 48.0 Å². The molecule has 2 rings (SSSR count). The minimum absolute atomic E-state index is 0.356. The first-order valence-corrected chi connectivity index (χ1v) is 8.73. The fourth-order valence-corrected chi connectivity index (χ4v) is 3.94. The third kappa shape index (κ3) is 4.28. The number of hydrogen-bond acceptors (Lipinski definition) is 8. The molecule has 6 nitrogen and oxygen atoms in total. The first-order chi connectivity index (χ1) is 11.7. The summed E-state index contributed by atoms with van der Waals surface area (Å²) in [6.45, 7) is 0. The van der Waals surface area contributed by atoms with Gasteiger partial charge in [0.1, 0.15) is 5.69 Å². The van der Waals surface area contributed by atoms with E-state index in [9.17, 15) is 9.59 Å². The molecular weight excluding hydrogens is 348 g/mol. The van der Waals surface area contributed by atoms with Crippen LogP contribution in [0.4, 0.5) is 11.4 Å². The lowest BCUT2D eigenvalue weighted by atomic mass is 10.2. The maximum Gasteiger partial charge on any atom is 0.240 e. The summed E-state index contributed by atoms with van der Waals surface area (Å²) in [5, 5.41) is 0. The second kappa shape index (κ2) is 8.96. The number of rotatable bonds is 7. The Labute approximate surface area is 146 Å². The zero-order valence-corrected chi connectivity index (χ0v) is 14.4. The Morgan fingerprint density at radius 2 is 1.50 bits per heavy atom. The van der Waals surface area contributed by atoms with Crippen LogP contribution in [0.15, 0.2) is 56.2 Å². The predicted octanol–water partition coefficient (Wildman–Crippen LogP) is 4.44. The maximum atomic E-state index is 10.5. The lowest BCUT2D eigenvalue weighted by molar-refractivity contribution is 0.349. The molecule has 0 N–H and O–H groups in total. The van der Waals surface area contributed by atoms with Gasteiger partial charge < -0.3 is 9.47 Å². The maximum absolute atomic E-state index is 10.5. The van der Waals surface area contributed by atoms with Crippen molar-refractivity contribution in [2.24, 2.45) is 9.98 Å². The van der Waals surface area contributed by atoms with Crippen molar-refractivity contribution in [3.05, 3.63) is 36.4 Å². The van der Waals surface area contributed by atoms with Gasteiger partial charge in [0.25, 0.3) is 0 Å². The highest BCUT2D eigenvalue weighted by Crippen LogP contribution is 2.48. The summed E-state index contributed by atoms with van der Waals surface area (Å²) in [5.41, 5.74) is 0.907. The van der Waals surface area contributed by atoms with E-state index in [4.69, 9.17) is 9.47 Å². The van der Waals surface area contributed by atoms with Crippen LogP contribution in [-0.4, -0.2) is 26.4 Å². The van der Waals surface area contributed by atoms with Crippen LogP contribution in [0.3, 0.4) is 0 Å².